The van der Waals surface area contributed by atoms with E-state index >= 15 is 0 Å². The smallest absolute Gasteiger partial charge is 0.266 e. The van der Waals surface area contributed by atoms with E-state index in [2.05, 4.69) is 4.98 Å². The van der Waals surface area contributed by atoms with E-state index in [-0.39, 0.29) is 34.8 Å². The first-order chi connectivity index (χ1) is 14.7. The maximum atomic E-state index is 13.2. The summed E-state index contributed by atoms with van der Waals surface area (Å²) < 4.78 is 24.9. The van der Waals surface area contributed by atoms with Crippen LogP contribution in [0.3, 0.4) is 0 Å². The van der Waals surface area contributed by atoms with Gasteiger partial charge in [-0.05, 0) is 42.8 Å². The van der Waals surface area contributed by atoms with Gasteiger partial charge in [0.2, 0.25) is 5.91 Å². The molecule has 3 aromatic rings. The first-order valence-electron chi connectivity index (χ1n) is 9.62. The maximum Gasteiger partial charge on any atom is 0.266 e. The number of sulfone groups is 1. The number of fused-ring (bicyclic) bond motifs is 1. The van der Waals surface area contributed by atoms with E-state index in [4.69, 9.17) is 11.6 Å². The Kier molecular flexibility index (Phi) is 6.09. The summed E-state index contributed by atoms with van der Waals surface area (Å²) >= 11 is 7.14. The number of thioether (sulfide) groups is 1. The molecule has 10 heteroatoms. The summed E-state index contributed by atoms with van der Waals surface area (Å²) in [6, 6.07) is 13.5. The molecule has 1 atom stereocenters. The van der Waals surface area contributed by atoms with Crippen molar-refractivity contribution in [1.82, 2.24) is 14.5 Å². The fourth-order valence-electron chi connectivity index (χ4n) is 3.54. The Morgan fingerprint density at radius 3 is 2.61 bits per heavy atom. The fourth-order valence-corrected chi connectivity index (χ4v) is 6.38. The van der Waals surface area contributed by atoms with Crippen molar-refractivity contribution in [3.8, 4) is 5.69 Å². The van der Waals surface area contributed by atoms with E-state index in [0.717, 1.165) is 11.8 Å². The molecule has 7 nitrogen and oxygen atoms in total. The van der Waals surface area contributed by atoms with Crippen LogP contribution in [0.1, 0.15) is 6.42 Å². The highest BCUT2D eigenvalue weighted by molar-refractivity contribution is 7.99. The van der Waals surface area contributed by atoms with Gasteiger partial charge in [0.25, 0.3) is 5.56 Å². The summed E-state index contributed by atoms with van der Waals surface area (Å²) in [5.41, 5.74) is 0.902. The topological polar surface area (TPSA) is 89.3 Å². The minimum absolute atomic E-state index is 0.0103. The van der Waals surface area contributed by atoms with Crippen molar-refractivity contribution in [3.63, 3.8) is 0 Å². The summed E-state index contributed by atoms with van der Waals surface area (Å²) in [7, 11) is -1.47. The van der Waals surface area contributed by atoms with Gasteiger partial charge in [-0.15, -0.1) is 0 Å². The summed E-state index contributed by atoms with van der Waals surface area (Å²) in [6.07, 6.45) is 0.443. The molecule has 0 aliphatic carbocycles. The molecule has 1 unspecified atom stereocenters. The molecule has 1 saturated heterocycles. The number of para-hydroxylation sites is 1. The lowest BCUT2D eigenvalue weighted by Gasteiger charge is -2.23. The zero-order chi connectivity index (χ0) is 22.2. The predicted octanol–water partition coefficient (Wildman–Crippen LogP) is 2.78. The predicted molar refractivity (Wildman–Crippen MR) is 123 cm³/mol. The van der Waals surface area contributed by atoms with Crippen LogP contribution in [0.2, 0.25) is 5.02 Å². The van der Waals surface area contributed by atoms with Crippen molar-refractivity contribution in [2.45, 2.75) is 17.6 Å². The fraction of sp³-hybridized carbons (Fsp3) is 0.286. The lowest BCUT2D eigenvalue weighted by Crippen LogP contribution is -2.39. The molecule has 0 radical (unpaired) electrons. The minimum Gasteiger partial charge on any atom is -0.341 e. The third-order valence-electron chi connectivity index (χ3n) is 5.30. The average molecular weight is 478 g/mol. The summed E-state index contributed by atoms with van der Waals surface area (Å²) in [6.45, 7) is 0. The number of hydrogen-bond acceptors (Lipinski definition) is 6. The number of aromatic nitrogens is 2. The molecule has 1 amide bonds. The van der Waals surface area contributed by atoms with E-state index in [1.165, 1.54) is 9.47 Å². The molecule has 31 heavy (non-hydrogen) atoms. The average Bonchev–Trinajstić information content (AvgIpc) is 3.12. The first-order valence-corrected chi connectivity index (χ1v) is 12.8. The van der Waals surface area contributed by atoms with E-state index in [1.54, 1.807) is 55.6 Å². The molecular weight excluding hydrogens is 458 g/mol. The molecule has 4 rings (SSSR count). The molecule has 0 N–H and O–H groups in total. The summed E-state index contributed by atoms with van der Waals surface area (Å²) in [5, 5.41) is 1.40. The second-order valence-corrected chi connectivity index (χ2v) is 11.0. The van der Waals surface area contributed by atoms with Gasteiger partial charge in [0.15, 0.2) is 15.0 Å². The van der Waals surface area contributed by atoms with Gasteiger partial charge in [-0.3, -0.25) is 14.2 Å². The van der Waals surface area contributed by atoms with Gasteiger partial charge in [0, 0.05) is 18.1 Å². The number of carbonyl (C=O) groups excluding carboxylic acids is 1. The molecule has 0 saturated carbocycles. The van der Waals surface area contributed by atoms with Crippen LogP contribution in [-0.4, -0.2) is 59.1 Å². The minimum atomic E-state index is -3.09. The van der Waals surface area contributed by atoms with Gasteiger partial charge < -0.3 is 4.90 Å². The number of halogens is 1. The third-order valence-corrected chi connectivity index (χ3v) is 8.23. The van der Waals surface area contributed by atoms with Gasteiger partial charge in [0.1, 0.15) is 0 Å². The second kappa shape index (κ2) is 8.64. The van der Waals surface area contributed by atoms with E-state index < -0.39 is 9.84 Å². The quantitative estimate of drug-likeness (QED) is 0.414. The Balaban J connectivity index is 1.65. The van der Waals surface area contributed by atoms with Gasteiger partial charge in [-0.2, -0.15) is 0 Å². The number of benzene rings is 2. The Bertz CT molecular complexity index is 1310. The highest BCUT2D eigenvalue weighted by Crippen LogP contribution is 2.24. The Morgan fingerprint density at radius 1 is 1.23 bits per heavy atom. The SMILES string of the molecule is CN(C(=O)CSc1nc2ccccc2c(=O)n1-c1ccc(Cl)cc1)C1CCS(=O)(=O)C1. The van der Waals surface area contributed by atoms with Gasteiger partial charge in [-0.1, -0.05) is 35.5 Å². The zero-order valence-corrected chi connectivity index (χ0v) is 19.1. The lowest BCUT2D eigenvalue weighted by molar-refractivity contribution is -0.128. The van der Waals surface area contributed by atoms with Crippen LogP contribution in [0.15, 0.2) is 58.5 Å². The van der Waals surface area contributed by atoms with Crippen LogP contribution in [0, 0.1) is 0 Å². The molecule has 1 aliphatic rings. The molecule has 0 spiro atoms. The number of amides is 1. The van der Waals surface area contributed by atoms with Crippen molar-refractivity contribution < 1.29 is 13.2 Å². The molecule has 1 aromatic heterocycles. The summed E-state index contributed by atoms with van der Waals surface area (Å²) in [4.78, 5) is 32.0. The summed E-state index contributed by atoms with van der Waals surface area (Å²) in [5.74, 6) is -0.0862. The van der Waals surface area contributed by atoms with Crippen LogP contribution in [-0.2, 0) is 14.6 Å². The number of nitrogens with zero attached hydrogens (tertiary/aromatic N) is 3. The number of carbonyl (C=O) groups is 1. The highest BCUT2D eigenvalue weighted by Gasteiger charge is 2.32. The molecular formula is C21H20ClN3O4S2. The standard InChI is InChI=1S/C21H20ClN3O4S2/c1-24(16-10-11-31(28,29)13-16)19(26)12-30-21-23-18-5-3-2-4-17(18)20(27)25(21)15-8-6-14(22)7-9-15/h2-9,16H,10-13H2,1H3. The van der Waals surface area contributed by atoms with Gasteiger partial charge in [-0.25, -0.2) is 13.4 Å². The van der Waals surface area contributed by atoms with E-state index in [1.807, 2.05) is 0 Å². The largest absolute Gasteiger partial charge is 0.341 e. The van der Waals surface area contributed by atoms with Crippen LogP contribution in [0.4, 0.5) is 0 Å². The number of hydrogen-bond donors (Lipinski definition) is 0. The monoisotopic (exact) mass is 477 g/mol. The molecule has 1 aliphatic heterocycles. The van der Waals surface area contributed by atoms with Crippen molar-refractivity contribution in [3.05, 3.63) is 63.9 Å². The van der Waals surface area contributed by atoms with Crippen molar-refractivity contribution >= 4 is 50.0 Å². The van der Waals surface area contributed by atoms with E-state index in [0.29, 0.717) is 33.2 Å². The van der Waals surface area contributed by atoms with Crippen molar-refractivity contribution in [2.75, 3.05) is 24.3 Å². The normalized spacial score (nSPS) is 17.7. The van der Waals surface area contributed by atoms with Crippen LogP contribution in [0.5, 0.6) is 0 Å². The Labute approximate surface area is 189 Å². The lowest BCUT2D eigenvalue weighted by atomic mass is 10.2. The molecule has 0 bridgehead atoms. The van der Waals surface area contributed by atoms with Crippen LogP contribution >= 0.6 is 23.4 Å². The van der Waals surface area contributed by atoms with Crippen molar-refractivity contribution in [1.29, 1.82) is 0 Å². The Hall–Kier alpha value is -2.36. The first kappa shape index (κ1) is 21.9. The van der Waals surface area contributed by atoms with E-state index in [9.17, 15) is 18.0 Å². The molecule has 1 fully saturated rings. The van der Waals surface area contributed by atoms with Gasteiger partial charge >= 0.3 is 0 Å². The van der Waals surface area contributed by atoms with Gasteiger partial charge in [0.05, 0.1) is 33.8 Å². The maximum absolute atomic E-state index is 13.2. The van der Waals surface area contributed by atoms with Crippen LogP contribution < -0.4 is 5.56 Å². The molecule has 162 valence electrons. The zero-order valence-electron chi connectivity index (χ0n) is 16.7. The highest BCUT2D eigenvalue weighted by atomic mass is 35.5. The Morgan fingerprint density at radius 2 is 1.94 bits per heavy atom. The third kappa shape index (κ3) is 4.63. The van der Waals surface area contributed by atoms with Crippen LogP contribution in [0.25, 0.3) is 16.6 Å². The molecule has 2 heterocycles. The van der Waals surface area contributed by atoms with Crippen molar-refractivity contribution in [2.24, 2.45) is 0 Å². The second-order valence-electron chi connectivity index (χ2n) is 7.38. The number of rotatable bonds is 5. The molecule has 2 aromatic carbocycles.